The quantitative estimate of drug-likeness (QED) is 0.621. The van der Waals surface area contributed by atoms with E-state index in [-0.39, 0.29) is 28.2 Å². The van der Waals surface area contributed by atoms with Gasteiger partial charge >= 0.3 is 6.61 Å². The molecule has 27 heavy (non-hydrogen) atoms. The summed E-state index contributed by atoms with van der Waals surface area (Å²) in [5.41, 5.74) is 2.56. The zero-order chi connectivity index (χ0) is 19.6. The Morgan fingerprint density at radius 2 is 1.85 bits per heavy atom. The van der Waals surface area contributed by atoms with E-state index in [0.29, 0.717) is 11.3 Å². The molecule has 0 aromatic heterocycles. The lowest BCUT2D eigenvalue weighted by atomic mass is 10.1. The Kier molecular flexibility index (Phi) is 5.36. The lowest BCUT2D eigenvalue weighted by Gasteiger charge is -2.14. The second-order valence-corrected chi connectivity index (χ2v) is 6.14. The van der Waals surface area contributed by atoms with E-state index >= 15 is 0 Å². The average Bonchev–Trinajstić information content (AvgIpc) is 2.90. The van der Waals surface area contributed by atoms with Gasteiger partial charge in [-0.15, -0.1) is 0 Å². The van der Waals surface area contributed by atoms with Crippen molar-refractivity contribution in [3.63, 3.8) is 0 Å². The summed E-state index contributed by atoms with van der Waals surface area (Å²) in [6.45, 7) is -1.01. The molecule has 0 saturated carbocycles. The van der Waals surface area contributed by atoms with E-state index in [1.54, 1.807) is 12.1 Å². The van der Waals surface area contributed by atoms with Gasteiger partial charge in [-0.05, 0) is 55.0 Å². The van der Waals surface area contributed by atoms with Crippen LogP contribution in [0, 0.1) is 6.92 Å². The number of nitrogens with one attached hydrogen (secondary N) is 1. The van der Waals surface area contributed by atoms with Crippen molar-refractivity contribution in [2.45, 2.75) is 13.5 Å². The molecule has 0 radical (unpaired) electrons. The molecule has 140 valence electrons. The van der Waals surface area contributed by atoms with Crippen LogP contribution < -0.4 is 19.7 Å². The molecule has 5 nitrogen and oxygen atoms in total. The van der Waals surface area contributed by atoms with Crippen LogP contribution in [0.15, 0.2) is 48.2 Å². The first-order valence-electron chi connectivity index (χ1n) is 7.95. The Morgan fingerprint density at radius 1 is 1.15 bits per heavy atom. The monoisotopic (exact) mass is 390 g/mol. The molecule has 3 rings (SSSR count). The van der Waals surface area contributed by atoms with Gasteiger partial charge in [0.05, 0.1) is 12.8 Å². The molecule has 1 amide bonds. The van der Waals surface area contributed by atoms with Crippen LogP contribution in [-0.2, 0) is 4.79 Å². The summed E-state index contributed by atoms with van der Waals surface area (Å²) in [6.07, 6.45) is 1.57. The number of alkyl halides is 2. The van der Waals surface area contributed by atoms with Crippen LogP contribution in [-0.4, -0.2) is 24.7 Å². The van der Waals surface area contributed by atoms with Gasteiger partial charge in [0.1, 0.15) is 5.70 Å². The molecule has 8 heteroatoms. The third kappa shape index (κ3) is 4.06. The fourth-order valence-electron chi connectivity index (χ4n) is 2.60. The van der Waals surface area contributed by atoms with E-state index in [4.69, 9.17) is 17.0 Å². The molecule has 0 spiro atoms. The molecule has 2 aromatic rings. The third-order valence-corrected chi connectivity index (χ3v) is 4.17. The third-order valence-electron chi connectivity index (χ3n) is 3.89. The van der Waals surface area contributed by atoms with Crippen molar-refractivity contribution in [2.24, 2.45) is 0 Å². The molecule has 1 heterocycles. The fourth-order valence-corrected chi connectivity index (χ4v) is 2.90. The number of rotatable bonds is 5. The van der Waals surface area contributed by atoms with Gasteiger partial charge in [-0.25, -0.2) is 0 Å². The maximum absolute atomic E-state index is 12.7. The highest BCUT2D eigenvalue weighted by molar-refractivity contribution is 7.80. The summed E-state index contributed by atoms with van der Waals surface area (Å²) >= 11 is 5.27. The van der Waals surface area contributed by atoms with E-state index in [9.17, 15) is 13.6 Å². The van der Waals surface area contributed by atoms with Crippen molar-refractivity contribution in [1.29, 1.82) is 0 Å². The molecule has 1 aliphatic heterocycles. The number of hydrogen-bond donors (Lipinski definition) is 1. The topological polar surface area (TPSA) is 50.8 Å². The first-order valence-corrected chi connectivity index (χ1v) is 8.36. The summed E-state index contributed by atoms with van der Waals surface area (Å²) in [5, 5.41) is 3.14. The predicted molar refractivity (Wildman–Crippen MR) is 102 cm³/mol. The molecule has 0 atom stereocenters. The number of benzene rings is 2. The summed E-state index contributed by atoms with van der Waals surface area (Å²) in [6, 6.07) is 11.8. The lowest BCUT2D eigenvalue weighted by molar-refractivity contribution is -0.113. The highest BCUT2D eigenvalue weighted by Gasteiger charge is 2.31. The zero-order valence-corrected chi connectivity index (χ0v) is 15.3. The van der Waals surface area contributed by atoms with Gasteiger partial charge in [0.25, 0.3) is 5.91 Å². The molecule has 2 aromatic carbocycles. The van der Waals surface area contributed by atoms with Crippen LogP contribution in [0.1, 0.15) is 11.1 Å². The number of thiocarbonyl (C=S) groups is 1. The smallest absolute Gasteiger partial charge is 0.387 e. The number of anilines is 1. The van der Waals surface area contributed by atoms with Gasteiger partial charge in [-0.3, -0.25) is 9.69 Å². The first-order chi connectivity index (χ1) is 12.9. The van der Waals surface area contributed by atoms with Crippen LogP contribution >= 0.6 is 12.2 Å². The second-order valence-electron chi connectivity index (χ2n) is 5.75. The molecule has 0 bridgehead atoms. The number of nitrogens with zero attached hydrogens (tertiary/aromatic N) is 1. The first kappa shape index (κ1) is 18.8. The minimum atomic E-state index is -2.96. The van der Waals surface area contributed by atoms with Crippen molar-refractivity contribution in [3.05, 3.63) is 59.3 Å². The minimum Gasteiger partial charge on any atom is -0.493 e. The maximum atomic E-state index is 12.7. The van der Waals surface area contributed by atoms with Crippen LogP contribution in [0.2, 0.25) is 0 Å². The molecule has 1 saturated heterocycles. The minimum absolute atomic E-state index is 0.0860. The van der Waals surface area contributed by atoms with Crippen LogP contribution in [0.3, 0.4) is 0 Å². The molecule has 1 fully saturated rings. The number of methoxy groups -OCH3 is 1. The predicted octanol–water partition coefficient (Wildman–Crippen LogP) is 3.87. The molecular formula is C19H16F2N2O3S. The standard InChI is InChI=1S/C19H16F2N2O3S/c1-11-3-6-13(7-4-11)23-17(24)14(22-19(23)27)9-12-5-8-15(26-18(20)21)16(10-12)25-2/h3-10,18H,1-2H3,(H,22,27). The van der Waals surface area contributed by atoms with Crippen LogP contribution in [0.4, 0.5) is 14.5 Å². The SMILES string of the molecule is COc1cc(C=C2NC(=S)N(c3ccc(C)cc3)C2=O)ccc1OC(F)F. The highest BCUT2D eigenvalue weighted by atomic mass is 32.1. The van der Waals surface area contributed by atoms with Gasteiger partial charge in [0.2, 0.25) is 0 Å². The maximum Gasteiger partial charge on any atom is 0.387 e. The number of aryl methyl sites for hydroxylation is 1. The number of amides is 1. The van der Waals surface area contributed by atoms with E-state index in [2.05, 4.69) is 10.1 Å². The Bertz CT molecular complexity index is 914. The summed E-state index contributed by atoms with van der Waals surface area (Å²) in [7, 11) is 1.35. The van der Waals surface area contributed by atoms with E-state index in [1.165, 1.54) is 24.1 Å². The molecule has 0 unspecified atom stereocenters. The van der Waals surface area contributed by atoms with Crippen LogP contribution in [0.5, 0.6) is 11.5 Å². The number of hydrogen-bond acceptors (Lipinski definition) is 4. The number of carbonyl (C=O) groups is 1. The Hall–Kier alpha value is -3.00. The summed E-state index contributed by atoms with van der Waals surface area (Å²) in [4.78, 5) is 14.1. The van der Waals surface area contributed by atoms with E-state index < -0.39 is 6.61 Å². The second kappa shape index (κ2) is 7.71. The van der Waals surface area contributed by atoms with Gasteiger partial charge < -0.3 is 14.8 Å². The van der Waals surface area contributed by atoms with Crippen molar-refractivity contribution < 1.29 is 23.0 Å². The van der Waals surface area contributed by atoms with Gasteiger partial charge in [0, 0.05) is 0 Å². The normalized spacial score (nSPS) is 15.4. The number of carbonyl (C=O) groups excluding carboxylic acids is 1. The zero-order valence-electron chi connectivity index (χ0n) is 14.5. The van der Waals surface area contributed by atoms with Crippen LogP contribution in [0.25, 0.3) is 6.08 Å². The molecular weight excluding hydrogens is 374 g/mol. The van der Waals surface area contributed by atoms with E-state index in [0.717, 1.165) is 5.56 Å². The Morgan fingerprint density at radius 3 is 2.48 bits per heavy atom. The van der Waals surface area contributed by atoms with Crippen molar-refractivity contribution >= 4 is 35.0 Å². The van der Waals surface area contributed by atoms with Crippen molar-refractivity contribution in [3.8, 4) is 11.5 Å². The lowest BCUT2D eigenvalue weighted by Crippen LogP contribution is -2.30. The van der Waals surface area contributed by atoms with Crippen molar-refractivity contribution in [1.82, 2.24) is 5.32 Å². The van der Waals surface area contributed by atoms with Gasteiger partial charge in [0.15, 0.2) is 16.6 Å². The fraction of sp³-hybridized carbons (Fsp3) is 0.158. The molecule has 1 aliphatic rings. The van der Waals surface area contributed by atoms with Gasteiger partial charge in [-0.2, -0.15) is 8.78 Å². The Labute approximate surface area is 160 Å². The van der Waals surface area contributed by atoms with Gasteiger partial charge in [-0.1, -0.05) is 23.8 Å². The number of halogens is 2. The largest absolute Gasteiger partial charge is 0.493 e. The average molecular weight is 390 g/mol. The molecule has 1 N–H and O–H groups in total. The summed E-state index contributed by atoms with van der Waals surface area (Å²) in [5.74, 6) is -0.263. The Balaban J connectivity index is 1.88. The van der Waals surface area contributed by atoms with Crippen molar-refractivity contribution in [2.75, 3.05) is 12.0 Å². The summed E-state index contributed by atoms with van der Waals surface area (Å²) < 4.78 is 34.3. The molecule has 0 aliphatic carbocycles. The van der Waals surface area contributed by atoms with E-state index in [1.807, 2.05) is 31.2 Å². The highest BCUT2D eigenvalue weighted by Crippen LogP contribution is 2.31. The number of ether oxygens (including phenoxy) is 2.